The largest absolute Gasteiger partial charge is 0.483 e. The first-order valence-electron chi connectivity index (χ1n) is 7.28. The van der Waals surface area contributed by atoms with Crippen LogP contribution in [0.1, 0.15) is 31.5 Å². The van der Waals surface area contributed by atoms with Gasteiger partial charge in [0, 0.05) is 30.8 Å². The van der Waals surface area contributed by atoms with E-state index in [2.05, 4.69) is 15.2 Å². The van der Waals surface area contributed by atoms with Crippen LogP contribution >= 0.6 is 0 Å². The van der Waals surface area contributed by atoms with Crippen molar-refractivity contribution in [3.05, 3.63) is 48.0 Å². The van der Waals surface area contributed by atoms with Crippen molar-refractivity contribution in [1.29, 1.82) is 0 Å². The Hall–Kier alpha value is -2.70. The average Bonchev–Trinajstić information content (AvgIpc) is 3.14. The van der Waals surface area contributed by atoms with E-state index in [-0.39, 0.29) is 18.3 Å². The summed E-state index contributed by atoms with van der Waals surface area (Å²) >= 11 is 0. The zero-order chi connectivity index (χ0) is 16.4. The third kappa shape index (κ3) is 3.23. The molecule has 0 aliphatic carbocycles. The summed E-state index contributed by atoms with van der Waals surface area (Å²) in [7, 11) is 1.81. The molecule has 3 aromatic rings. The van der Waals surface area contributed by atoms with Gasteiger partial charge in [-0.15, -0.1) is 0 Å². The lowest BCUT2D eigenvalue weighted by Crippen LogP contribution is -2.01. The van der Waals surface area contributed by atoms with Crippen LogP contribution in [0.4, 0.5) is 4.39 Å². The molecule has 120 valence electrons. The van der Waals surface area contributed by atoms with E-state index in [0.29, 0.717) is 17.5 Å². The van der Waals surface area contributed by atoms with Crippen LogP contribution in [0.15, 0.2) is 35.0 Å². The molecule has 0 aliphatic heterocycles. The lowest BCUT2D eigenvalue weighted by molar-refractivity contribution is 0.242. The Morgan fingerprint density at radius 2 is 2.13 bits per heavy atom. The summed E-state index contributed by atoms with van der Waals surface area (Å²) in [4.78, 5) is 4.24. The second kappa shape index (κ2) is 6.20. The molecule has 0 fully saturated rings. The highest BCUT2D eigenvalue weighted by Crippen LogP contribution is 2.30. The van der Waals surface area contributed by atoms with E-state index in [1.54, 1.807) is 16.9 Å². The van der Waals surface area contributed by atoms with Crippen LogP contribution in [0, 0.1) is 5.82 Å². The molecule has 0 N–H and O–H groups in total. The number of aromatic nitrogens is 4. The minimum Gasteiger partial charge on any atom is -0.483 e. The SMILES string of the molecule is CC(C)c1noc(COc2cc(F)ccc2-c2ccnn2C)n1. The van der Waals surface area contributed by atoms with Gasteiger partial charge in [0.1, 0.15) is 11.6 Å². The van der Waals surface area contributed by atoms with E-state index >= 15 is 0 Å². The Bertz CT molecular complexity index is 810. The first kappa shape index (κ1) is 15.2. The molecule has 2 heterocycles. The summed E-state index contributed by atoms with van der Waals surface area (Å²) < 4.78 is 26.1. The van der Waals surface area contributed by atoms with Gasteiger partial charge in [-0.3, -0.25) is 4.68 Å². The monoisotopic (exact) mass is 316 g/mol. The lowest BCUT2D eigenvalue weighted by atomic mass is 10.1. The van der Waals surface area contributed by atoms with Gasteiger partial charge in [0.15, 0.2) is 12.4 Å². The highest BCUT2D eigenvalue weighted by atomic mass is 19.1. The van der Waals surface area contributed by atoms with Crippen molar-refractivity contribution in [2.45, 2.75) is 26.4 Å². The number of hydrogen-bond acceptors (Lipinski definition) is 5. The Morgan fingerprint density at radius 3 is 2.78 bits per heavy atom. The van der Waals surface area contributed by atoms with Crippen LogP contribution in [0.5, 0.6) is 5.75 Å². The fraction of sp³-hybridized carbons (Fsp3) is 0.312. The molecule has 0 aliphatic rings. The van der Waals surface area contributed by atoms with Gasteiger partial charge in [0.2, 0.25) is 0 Å². The van der Waals surface area contributed by atoms with Crippen LogP contribution in [0.3, 0.4) is 0 Å². The first-order valence-corrected chi connectivity index (χ1v) is 7.28. The van der Waals surface area contributed by atoms with Crippen molar-refractivity contribution < 1.29 is 13.7 Å². The van der Waals surface area contributed by atoms with Crippen molar-refractivity contribution in [3.8, 4) is 17.0 Å². The summed E-state index contributed by atoms with van der Waals surface area (Å²) in [6.07, 6.45) is 1.68. The van der Waals surface area contributed by atoms with Crippen LogP contribution < -0.4 is 4.74 Å². The smallest absolute Gasteiger partial charge is 0.264 e. The summed E-state index contributed by atoms with van der Waals surface area (Å²) in [6, 6.07) is 6.22. The molecule has 0 atom stereocenters. The predicted octanol–water partition coefficient (Wildman–Crippen LogP) is 3.31. The van der Waals surface area contributed by atoms with E-state index in [1.165, 1.54) is 12.1 Å². The maximum atomic E-state index is 13.6. The first-order chi connectivity index (χ1) is 11.0. The topological polar surface area (TPSA) is 66.0 Å². The molecule has 7 heteroatoms. The molecule has 6 nitrogen and oxygen atoms in total. The van der Waals surface area contributed by atoms with E-state index < -0.39 is 0 Å². The highest BCUT2D eigenvalue weighted by molar-refractivity contribution is 5.67. The molecule has 0 radical (unpaired) electrons. The molecule has 0 saturated heterocycles. The average molecular weight is 316 g/mol. The fourth-order valence-electron chi connectivity index (χ4n) is 2.17. The zero-order valence-electron chi connectivity index (χ0n) is 13.2. The van der Waals surface area contributed by atoms with Crippen LogP contribution in [-0.4, -0.2) is 19.9 Å². The molecule has 0 unspecified atom stereocenters. The van der Waals surface area contributed by atoms with Crippen molar-refractivity contribution in [2.24, 2.45) is 7.05 Å². The van der Waals surface area contributed by atoms with E-state index in [0.717, 1.165) is 11.3 Å². The second-order valence-corrected chi connectivity index (χ2v) is 5.47. The van der Waals surface area contributed by atoms with Crippen molar-refractivity contribution in [2.75, 3.05) is 0 Å². The third-order valence-corrected chi connectivity index (χ3v) is 3.39. The number of ether oxygens (including phenoxy) is 1. The number of nitrogens with zero attached hydrogens (tertiary/aromatic N) is 4. The summed E-state index contributed by atoms with van der Waals surface area (Å²) in [5.41, 5.74) is 1.57. The minimum absolute atomic E-state index is 0.0774. The fourth-order valence-corrected chi connectivity index (χ4v) is 2.17. The summed E-state index contributed by atoms with van der Waals surface area (Å²) in [5.74, 6) is 1.17. The highest BCUT2D eigenvalue weighted by Gasteiger charge is 2.14. The molecule has 0 amide bonds. The normalized spacial score (nSPS) is 11.2. The molecule has 3 rings (SSSR count). The number of rotatable bonds is 5. The Kier molecular flexibility index (Phi) is 4.10. The maximum absolute atomic E-state index is 13.6. The Labute approximate surface area is 132 Å². The van der Waals surface area contributed by atoms with E-state index in [1.807, 2.05) is 27.0 Å². The van der Waals surface area contributed by atoms with Crippen LogP contribution in [0.25, 0.3) is 11.3 Å². The van der Waals surface area contributed by atoms with Crippen LogP contribution in [-0.2, 0) is 13.7 Å². The van der Waals surface area contributed by atoms with Gasteiger partial charge in [-0.1, -0.05) is 19.0 Å². The summed E-state index contributed by atoms with van der Waals surface area (Å²) in [5, 5.41) is 8.00. The second-order valence-electron chi connectivity index (χ2n) is 5.47. The molecule has 0 bridgehead atoms. The van der Waals surface area contributed by atoms with Gasteiger partial charge in [-0.25, -0.2) is 4.39 Å². The van der Waals surface area contributed by atoms with Gasteiger partial charge < -0.3 is 9.26 Å². The molecular weight excluding hydrogens is 299 g/mol. The van der Waals surface area contributed by atoms with Gasteiger partial charge in [0.05, 0.1) is 5.69 Å². The van der Waals surface area contributed by atoms with Gasteiger partial charge in [-0.2, -0.15) is 10.1 Å². The number of benzene rings is 1. The van der Waals surface area contributed by atoms with Crippen molar-refractivity contribution >= 4 is 0 Å². The maximum Gasteiger partial charge on any atom is 0.264 e. The van der Waals surface area contributed by atoms with E-state index in [4.69, 9.17) is 9.26 Å². The Morgan fingerprint density at radius 1 is 1.30 bits per heavy atom. The van der Waals surface area contributed by atoms with Gasteiger partial charge >= 0.3 is 0 Å². The lowest BCUT2D eigenvalue weighted by Gasteiger charge is -2.10. The van der Waals surface area contributed by atoms with E-state index in [9.17, 15) is 4.39 Å². The number of hydrogen-bond donors (Lipinski definition) is 0. The van der Waals surface area contributed by atoms with Crippen LogP contribution in [0.2, 0.25) is 0 Å². The molecule has 23 heavy (non-hydrogen) atoms. The quantitative estimate of drug-likeness (QED) is 0.722. The number of aryl methyl sites for hydroxylation is 1. The Balaban J connectivity index is 1.84. The minimum atomic E-state index is -0.376. The molecule has 0 spiro atoms. The van der Waals surface area contributed by atoms with Crippen molar-refractivity contribution in [3.63, 3.8) is 0 Å². The third-order valence-electron chi connectivity index (χ3n) is 3.39. The predicted molar refractivity (Wildman–Crippen MR) is 81.3 cm³/mol. The van der Waals surface area contributed by atoms with Gasteiger partial charge in [0.25, 0.3) is 5.89 Å². The number of halogens is 1. The standard InChI is InChI=1S/C16H17FN4O2/c1-10(2)16-19-15(23-20-16)9-22-14-8-11(17)4-5-12(14)13-6-7-18-21(13)3/h4-8,10H,9H2,1-3H3. The zero-order valence-corrected chi connectivity index (χ0v) is 13.2. The molecule has 1 aromatic carbocycles. The molecule has 2 aromatic heterocycles. The molecule has 0 saturated carbocycles. The van der Waals surface area contributed by atoms with Gasteiger partial charge in [-0.05, 0) is 18.2 Å². The van der Waals surface area contributed by atoms with Crippen molar-refractivity contribution in [1.82, 2.24) is 19.9 Å². The summed E-state index contributed by atoms with van der Waals surface area (Å²) in [6.45, 7) is 4.03. The molecular formula is C16H17FN4O2.